The number of aromatic nitrogens is 2. The fourth-order valence-electron chi connectivity index (χ4n) is 2.64. The Morgan fingerprint density at radius 3 is 2.35 bits per heavy atom. The van der Waals surface area contributed by atoms with E-state index in [1.165, 1.54) is 0 Å². The van der Waals surface area contributed by atoms with Crippen molar-refractivity contribution in [3.63, 3.8) is 0 Å². The lowest BCUT2D eigenvalue weighted by atomic mass is 10.0. The Morgan fingerprint density at radius 1 is 1.18 bits per heavy atom. The van der Waals surface area contributed by atoms with Crippen molar-refractivity contribution in [2.45, 2.75) is 53.5 Å². The quantitative estimate of drug-likeness (QED) is 0.800. The monoisotopic (exact) mass is 237 g/mol. The van der Waals surface area contributed by atoms with Crippen LogP contribution in [0.2, 0.25) is 0 Å². The third-order valence-electron chi connectivity index (χ3n) is 4.45. The number of rotatable bonds is 5. The largest absolute Gasteiger partial charge is 0.424 e. The Morgan fingerprint density at radius 2 is 1.82 bits per heavy atom. The van der Waals surface area contributed by atoms with Gasteiger partial charge in [0.2, 0.25) is 11.8 Å². The van der Waals surface area contributed by atoms with Crippen LogP contribution in [-0.4, -0.2) is 16.7 Å². The molecule has 1 N–H and O–H groups in total. The van der Waals surface area contributed by atoms with Crippen molar-refractivity contribution < 1.29 is 4.42 Å². The van der Waals surface area contributed by atoms with Crippen LogP contribution in [0.15, 0.2) is 4.42 Å². The van der Waals surface area contributed by atoms with Gasteiger partial charge in [0.15, 0.2) is 0 Å². The first-order chi connectivity index (χ1) is 7.91. The van der Waals surface area contributed by atoms with Crippen molar-refractivity contribution in [2.24, 2.45) is 10.8 Å². The Bertz CT molecular complexity index is 381. The van der Waals surface area contributed by atoms with Crippen LogP contribution < -0.4 is 5.32 Å². The first-order valence-electron chi connectivity index (χ1n) is 6.44. The van der Waals surface area contributed by atoms with Crippen LogP contribution in [0.4, 0.5) is 0 Å². The second-order valence-corrected chi connectivity index (χ2v) is 6.09. The molecule has 4 heteroatoms. The molecule has 0 unspecified atom stereocenters. The predicted octanol–water partition coefficient (Wildman–Crippen LogP) is 2.72. The average Bonchev–Trinajstić information content (AvgIpc) is 2.60. The van der Waals surface area contributed by atoms with Crippen molar-refractivity contribution >= 4 is 0 Å². The van der Waals surface area contributed by atoms with E-state index in [4.69, 9.17) is 4.42 Å². The van der Waals surface area contributed by atoms with E-state index in [1.54, 1.807) is 0 Å². The fraction of sp³-hybridized carbons (Fsp3) is 0.846. The second kappa shape index (κ2) is 4.09. The normalized spacial score (nSPS) is 21.7. The molecule has 1 aromatic rings. The predicted molar refractivity (Wildman–Crippen MR) is 66.6 cm³/mol. The highest BCUT2D eigenvalue weighted by atomic mass is 16.4. The van der Waals surface area contributed by atoms with Crippen LogP contribution in [0.25, 0.3) is 0 Å². The van der Waals surface area contributed by atoms with Crippen LogP contribution in [-0.2, 0) is 6.54 Å². The summed E-state index contributed by atoms with van der Waals surface area (Å²) in [4.78, 5) is 0. The van der Waals surface area contributed by atoms with Gasteiger partial charge in [-0.05, 0) is 23.8 Å². The molecule has 1 saturated carbocycles. The maximum atomic E-state index is 5.74. The molecule has 0 aliphatic heterocycles. The molecule has 0 bridgehead atoms. The molecule has 2 rings (SSSR count). The van der Waals surface area contributed by atoms with Gasteiger partial charge in [0.05, 0.1) is 6.54 Å². The van der Waals surface area contributed by atoms with Gasteiger partial charge < -0.3 is 9.73 Å². The molecule has 96 valence electrons. The molecule has 1 heterocycles. The van der Waals surface area contributed by atoms with Crippen LogP contribution in [0.1, 0.15) is 58.7 Å². The van der Waals surface area contributed by atoms with Crippen LogP contribution >= 0.6 is 0 Å². The third kappa shape index (κ3) is 1.99. The van der Waals surface area contributed by atoms with Gasteiger partial charge in [0.25, 0.3) is 0 Å². The minimum Gasteiger partial charge on any atom is -0.424 e. The summed E-state index contributed by atoms with van der Waals surface area (Å²) in [7, 11) is 0. The molecule has 0 saturated heterocycles. The lowest BCUT2D eigenvalue weighted by Crippen LogP contribution is -2.13. The lowest BCUT2D eigenvalue weighted by molar-refractivity contribution is 0.417. The summed E-state index contributed by atoms with van der Waals surface area (Å²) in [5.74, 6) is 1.89. The van der Waals surface area contributed by atoms with E-state index in [0.717, 1.165) is 18.9 Å². The maximum absolute atomic E-state index is 5.74. The van der Waals surface area contributed by atoms with Gasteiger partial charge in [-0.3, -0.25) is 0 Å². The molecule has 1 fully saturated rings. The number of nitrogens with one attached hydrogen (secondary N) is 1. The zero-order valence-corrected chi connectivity index (χ0v) is 11.5. The highest BCUT2D eigenvalue weighted by molar-refractivity contribution is 5.24. The van der Waals surface area contributed by atoms with Gasteiger partial charge in [-0.15, -0.1) is 10.2 Å². The second-order valence-electron chi connectivity index (χ2n) is 6.09. The van der Waals surface area contributed by atoms with Crippen molar-refractivity contribution in [1.29, 1.82) is 0 Å². The third-order valence-corrected chi connectivity index (χ3v) is 4.45. The van der Waals surface area contributed by atoms with E-state index in [0.29, 0.717) is 18.4 Å². The first kappa shape index (κ1) is 12.6. The van der Waals surface area contributed by atoms with E-state index in [2.05, 4.69) is 50.1 Å². The molecule has 1 aromatic heterocycles. The Kier molecular flexibility index (Phi) is 3.02. The first-order valence-corrected chi connectivity index (χ1v) is 6.44. The summed E-state index contributed by atoms with van der Waals surface area (Å²) < 4.78 is 5.74. The minimum atomic E-state index is 0.258. The molecular formula is C13H23N3O. The fourth-order valence-corrected chi connectivity index (χ4v) is 2.64. The molecule has 4 nitrogen and oxygen atoms in total. The van der Waals surface area contributed by atoms with E-state index in [-0.39, 0.29) is 10.8 Å². The summed E-state index contributed by atoms with van der Waals surface area (Å²) in [6.45, 7) is 12.8. The highest BCUT2D eigenvalue weighted by Gasteiger charge is 2.67. The molecule has 0 radical (unpaired) electrons. The van der Waals surface area contributed by atoms with E-state index < -0.39 is 0 Å². The summed E-state index contributed by atoms with van der Waals surface area (Å²) in [5.41, 5.74) is 0.515. The van der Waals surface area contributed by atoms with Crippen molar-refractivity contribution in [1.82, 2.24) is 15.5 Å². The van der Waals surface area contributed by atoms with Crippen molar-refractivity contribution in [3.05, 3.63) is 11.8 Å². The standard InChI is InChI=1S/C13H23N3O/c1-6-7-14-8-9-15-16-11(17-9)10-12(2,3)13(10,4)5/h10,14H,6-8H2,1-5H3. The minimum absolute atomic E-state index is 0.258. The summed E-state index contributed by atoms with van der Waals surface area (Å²) in [6, 6.07) is 0. The summed E-state index contributed by atoms with van der Waals surface area (Å²) >= 11 is 0. The van der Waals surface area contributed by atoms with Crippen molar-refractivity contribution in [2.75, 3.05) is 6.54 Å². The van der Waals surface area contributed by atoms with E-state index in [1.807, 2.05) is 0 Å². The van der Waals surface area contributed by atoms with Gasteiger partial charge in [-0.1, -0.05) is 34.6 Å². The Labute approximate surface area is 103 Å². The average molecular weight is 237 g/mol. The smallest absolute Gasteiger partial charge is 0.230 e. The van der Waals surface area contributed by atoms with Crippen LogP contribution in [0, 0.1) is 10.8 Å². The van der Waals surface area contributed by atoms with Gasteiger partial charge >= 0.3 is 0 Å². The van der Waals surface area contributed by atoms with Crippen LogP contribution in [0.3, 0.4) is 0 Å². The molecule has 0 aromatic carbocycles. The topological polar surface area (TPSA) is 51.0 Å². The van der Waals surface area contributed by atoms with Gasteiger partial charge in [0.1, 0.15) is 0 Å². The molecule has 0 amide bonds. The van der Waals surface area contributed by atoms with Gasteiger partial charge in [0, 0.05) is 5.92 Å². The number of nitrogens with zero attached hydrogens (tertiary/aromatic N) is 2. The van der Waals surface area contributed by atoms with Gasteiger partial charge in [-0.25, -0.2) is 0 Å². The van der Waals surface area contributed by atoms with Gasteiger partial charge in [-0.2, -0.15) is 0 Å². The lowest BCUT2D eigenvalue weighted by Gasteiger charge is -2.03. The molecular weight excluding hydrogens is 214 g/mol. The maximum Gasteiger partial charge on any atom is 0.230 e. The highest BCUT2D eigenvalue weighted by Crippen LogP contribution is 2.73. The van der Waals surface area contributed by atoms with E-state index in [9.17, 15) is 0 Å². The SMILES string of the molecule is CCCNCc1nnc(C2C(C)(C)C2(C)C)o1. The molecule has 17 heavy (non-hydrogen) atoms. The summed E-state index contributed by atoms with van der Waals surface area (Å²) in [5, 5.41) is 11.6. The molecule has 0 atom stereocenters. The number of hydrogen-bond donors (Lipinski definition) is 1. The Hall–Kier alpha value is -0.900. The zero-order valence-electron chi connectivity index (χ0n) is 11.5. The summed E-state index contributed by atoms with van der Waals surface area (Å²) in [6.07, 6.45) is 1.11. The molecule has 1 aliphatic rings. The Balaban J connectivity index is 2.00. The van der Waals surface area contributed by atoms with Crippen molar-refractivity contribution in [3.8, 4) is 0 Å². The van der Waals surface area contributed by atoms with E-state index >= 15 is 0 Å². The van der Waals surface area contributed by atoms with Crippen LogP contribution in [0.5, 0.6) is 0 Å². The number of hydrogen-bond acceptors (Lipinski definition) is 4. The zero-order chi connectivity index (χ0) is 12.7. The molecule has 0 spiro atoms. The molecule has 1 aliphatic carbocycles.